The monoisotopic (exact) mass is 477 g/mol. The standard InChI is InChI=1S/C24H29F2N3O5/c1-16(30)29-12-7-19(28-29)34-15-24(25,26)11-8-22(2,20(27)31)18-6-4-5-17(13-18)14-23(9-10-23)21(32)33-3/h4-7,12-13H,8-11,14-15H2,1-3H3,(H2,27,31). The number of hydrogen-bond acceptors (Lipinski definition) is 6. The first-order valence-electron chi connectivity index (χ1n) is 11.0. The zero-order chi connectivity index (χ0) is 25.1. The predicted octanol–water partition coefficient (Wildman–Crippen LogP) is 3.28. The summed E-state index contributed by atoms with van der Waals surface area (Å²) in [6.45, 7) is 1.86. The highest BCUT2D eigenvalue weighted by atomic mass is 19.3. The number of ether oxygens (including phenoxy) is 2. The molecule has 1 aliphatic rings. The molecule has 0 radical (unpaired) electrons. The molecule has 184 valence electrons. The molecular formula is C24H29F2N3O5. The lowest BCUT2D eigenvalue weighted by molar-refractivity contribution is -0.147. The molecule has 1 amide bonds. The van der Waals surface area contributed by atoms with Gasteiger partial charge >= 0.3 is 5.97 Å². The summed E-state index contributed by atoms with van der Waals surface area (Å²) in [7, 11) is 1.35. The van der Waals surface area contributed by atoms with Crippen LogP contribution < -0.4 is 10.5 Å². The summed E-state index contributed by atoms with van der Waals surface area (Å²) in [4.78, 5) is 35.7. The molecule has 1 aliphatic carbocycles. The van der Waals surface area contributed by atoms with Crippen molar-refractivity contribution in [2.45, 2.75) is 57.3 Å². The lowest BCUT2D eigenvalue weighted by atomic mass is 9.76. The SMILES string of the molecule is COC(=O)C1(Cc2cccc(C(C)(CCC(F)(F)COc3ccn(C(C)=O)n3)C(N)=O)c2)CC1. The molecule has 1 atom stereocenters. The van der Waals surface area contributed by atoms with Gasteiger partial charge in [0.25, 0.3) is 5.92 Å². The number of methoxy groups -OCH3 is 1. The Hall–Kier alpha value is -3.30. The van der Waals surface area contributed by atoms with E-state index in [1.165, 1.54) is 33.2 Å². The number of aromatic nitrogens is 2. The van der Waals surface area contributed by atoms with Crippen molar-refractivity contribution in [2.75, 3.05) is 13.7 Å². The number of carbonyl (C=O) groups is 3. The van der Waals surface area contributed by atoms with Crippen LogP contribution in [-0.4, -0.2) is 47.2 Å². The van der Waals surface area contributed by atoms with Crippen molar-refractivity contribution in [1.29, 1.82) is 0 Å². The fourth-order valence-corrected chi connectivity index (χ4v) is 3.89. The van der Waals surface area contributed by atoms with Crippen molar-refractivity contribution >= 4 is 17.8 Å². The molecule has 3 rings (SSSR count). The summed E-state index contributed by atoms with van der Waals surface area (Å²) < 4.78 is 40.1. The van der Waals surface area contributed by atoms with Crippen LogP contribution in [0.5, 0.6) is 5.88 Å². The van der Waals surface area contributed by atoms with E-state index in [0.29, 0.717) is 24.8 Å². The van der Waals surface area contributed by atoms with Crippen molar-refractivity contribution in [3.8, 4) is 5.88 Å². The summed E-state index contributed by atoms with van der Waals surface area (Å²) in [5.74, 6) is -4.74. The minimum Gasteiger partial charge on any atom is -0.470 e. The van der Waals surface area contributed by atoms with Gasteiger partial charge in [0.15, 0.2) is 6.61 Å². The molecule has 2 N–H and O–H groups in total. The van der Waals surface area contributed by atoms with E-state index in [0.717, 1.165) is 10.2 Å². The zero-order valence-corrected chi connectivity index (χ0v) is 19.5. The van der Waals surface area contributed by atoms with Crippen molar-refractivity contribution in [2.24, 2.45) is 11.1 Å². The lowest BCUT2D eigenvalue weighted by Gasteiger charge is -2.29. The number of benzene rings is 1. The highest BCUT2D eigenvalue weighted by Crippen LogP contribution is 2.49. The highest BCUT2D eigenvalue weighted by molar-refractivity contribution is 5.86. The van der Waals surface area contributed by atoms with Crippen molar-refractivity contribution in [3.05, 3.63) is 47.7 Å². The molecule has 2 aromatic rings. The smallest absolute Gasteiger partial charge is 0.312 e. The third-order valence-electron chi connectivity index (χ3n) is 6.43. The third kappa shape index (κ3) is 5.60. The number of halogens is 2. The van der Waals surface area contributed by atoms with Crippen LogP contribution >= 0.6 is 0 Å². The number of rotatable bonds is 11. The Labute approximate surface area is 196 Å². The van der Waals surface area contributed by atoms with Crippen LogP contribution in [-0.2, 0) is 26.2 Å². The van der Waals surface area contributed by atoms with Gasteiger partial charge in [-0.1, -0.05) is 24.3 Å². The van der Waals surface area contributed by atoms with E-state index < -0.39 is 35.7 Å². The van der Waals surface area contributed by atoms with Gasteiger partial charge in [0.2, 0.25) is 17.7 Å². The molecule has 1 heterocycles. The second-order valence-corrected chi connectivity index (χ2v) is 9.11. The average Bonchev–Trinajstić information content (AvgIpc) is 3.40. The molecule has 1 fully saturated rings. The first-order chi connectivity index (χ1) is 15.9. The van der Waals surface area contributed by atoms with E-state index in [1.54, 1.807) is 18.2 Å². The van der Waals surface area contributed by atoms with Crippen LogP contribution in [0.4, 0.5) is 8.78 Å². The van der Waals surface area contributed by atoms with E-state index in [2.05, 4.69) is 5.10 Å². The van der Waals surface area contributed by atoms with E-state index in [1.807, 2.05) is 6.07 Å². The molecule has 1 saturated carbocycles. The zero-order valence-electron chi connectivity index (χ0n) is 19.5. The quantitative estimate of drug-likeness (QED) is 0.497. The largest absolute Gasteiger partial charge is 0.470 e. The Morgan fingerprint density at radius 1 is 1.21 bits per heavy atom. The Bertz CT molecular complexity index is 1080. The van der Waals surface area contributed by atoms with Crippen LogP contribution in [0, 0.1) is 5.41 Å². The van der Waals surface area contributed by atoms with Gasteiger partial charge in [-0.05, 0) is 43.7 Å². The van der Waals surface area contributed by atoms with Crippen LogP contribution in [0.25, 0.3) is 0 Å². The maximum atomic E-state index is 14.6. The third-order valence-corrected chi connectivity index (χ3v) is 6.43. The molecule has 34 heavy (non-hydrogen) atoms. The average molecular weight is 478 g/mol. The molecule has 0 spiro atoms. The summed E-state index contributed by atoms with van der Waals surface area (Å²) in [5, 5.41) is 3.76. The lowest BCUT2D eigenvalue weighted by Crippen LogP contribution is -2.40. The second-order valence-electron chi connectivity index (χ2n) is 9.11. The molecule has 0 bridgehead atoms. The van der Waals surface area contributed by atoms with Gasteiger partial charge in [-0.15, -0.1) is 5.10 Å². The van der Waals surface area contributed by atoms with Crippen molar-refractivity contribution in [3.63, 3.8) is 0 Å². The van der Waals surface area contributed by atoms with Crippen LogP contribution in [0.1, 0.15) is 55.5 Å². The molecule has 10 heteroatoms. The van der Waals surface area contributed by atoms with Gasteiger partial charge in [0, 0.05) is 25.6 Å². The number of esters is 1. The summed E-state index contributed by atoms with van der Waals surface area (Å²) in [6, 6.07) is 8.30. The van der Waals surface area contributed by atoms with Crippen LogP contribution in [0.15, 0.2) is 36.5 Å². The number of alkyl halides is 2. The number of amides is 1. The first kappa shape index (κ1) is 25.3. The van der Waals surface area contributed by atoms with Gasteiger partial charge in [-0.2, -0.15) is 0 Å². The van der Waals surface area contributed by atoms with Gasteiger partial charge in [0.05, 0.1) is 17.9 Å². The van der Waals surface area contributed by atoms with Crippen LogP contribution in [0.3, 0.4) is 0 Å². The minimum atomic E-state index is -3.27. The van der Waals surface area contributed by atoms with Gasteiger partial charge in [-0.25, -0.2) is 13.5 Å². The summed E-state index contributed by atoms with van der Waals surface area (Å²) in [6.07, 6.45) is 2.32. The summed E-state index contributed by atoms with van der Waals surface area (Å²) >= 11 is 0. The topological polar surface area (TPSA) is 114 Å². The van der Waals surface area contributed by atoms with E-state index in [-0.39, 0.29) is 24.2 Å². The maximum Gasteiger partial charge on any atom is 0.312 e. The molecule has 8 nitrogen and oxygen atoms in total. The first-order valence-corrected chi connectivity index (χ1v) is 11.0. The van der Waals surface area contributed by atoms with E-state index >= 15 is 0 Å². The Morgan fingerprint density at radius 3 is 2.47 bits per heavy atom. The predicted molar refractivity (Wildman–Crippen MR) is 119 cm³/mol. The van der Waals surface area contributed by atoms with E-state index in [4.69, 9.17) is 15.2 Å². The van der Waals surface area contributed by atoms with Crippen molar-refractivity contribution in [1.82, 2.24) is 9.78 Å². The van der Waals surface area contributed by atoms with Crippen molar-refractivity contribution < 1.29 is 32.6 Å². The molecule has 1 aromatic heterocycles. The Morgan fingerprint density at radius 2 is 1.91 bits per heavy atom. The number of nitrogens with two attached hydrogens (primary N) is 1. The van der Waals surface area contributed by atoms with Gasteiger partial charge in [-0.3, -0.25) is 14.4 Å². The molecule has 0 aliphatic heterocycles. The molecule has 1 unspecified atom stereocenters. The molecular weight excluding hydrogens is 448 g/mol. The Kier molecular flexibility index (Phi) is 7.09. The Balaban J connectivity index is 1.69. The van der Waals surface area contributed by atoms with Gasteiger partial charge in [0.1, 0.15) is 0 Å². The number of primary amides is 1. The minimum absolute atomic E-state index is 0.0974. The number of nitrogens with zero attached hydrogens (tertiary/aromatic N) is 2. The fraction of sp³-hybridized carbons (Fsp3) is 0.500. The molecule has 1 aromatic carbocycles. The summed E-state index contributed by atoms with van der Waals surface area (Å²) in [5.41, 5.74) is 5.06. The van der Waals surface area contributed by atoms with E-state index in [9.17, 15) is 23.2 Å². The maximum absolute atomic E-state index is 14.6. The molecule has 0 saturated heterocycles. The van der Waals surface area contributed by atoms with Crippen LogP contribution in [0.2, 0.25) is 0 Å². The second kappa shape index (κ2) is 9.52. The highest BCUT2D eigenvalue weighted by Gasteiger charge is 2.51. The number of carbonyl (C=O) groups excluding carboxylic acids is 3. The number of hydrogen-bond donors (Lipinski definition) is 1. The normalized spacial score (nSPS) is 16.4. The van der Waals surface area contributed by atoms with Gasteiger partial charge < -0.3 is 15.2 Å². The fourth-order valence-electron chi connectivity index (χ4n) is 3.89.